The summed E-state index contributed by atoms with van der Waals surface area (Å²) in [4.78, 5) is 13.8. The van der Waals surface area contributed by atoms with Crippen LogP contribution in [-0.4, -0.2) is 37.3 Å². The van der Waals surface area contributed by atoms with Crippen molar-refractivity contribution in [1.82, 2.24) is 4.90 Å². The molecular formula is C25H51NO2S. The van der Waals surface area contributed by atoms with E-state index in [1.807, 2.05) is 0 Å². The zero-order valence-corrected chi connectivity index (χ0v) is 20.8. The van der Waals surface area contributed by atoms with Gasteiger partial charge in [0, 0.05) is 12.2 Å². The fourth-order valence-electron chi connectivity index (χ4n) is 3.56. The molecule has 0 aromatic heterocycles. The number of hydrogen-bond donors (Lipinski definition) is 0. The second-order valence-electron chi connectivity index (χ2n) is 8.84. The summed E-state index contributed by atoms with van der Waals surface area (Å²) in [5.74, 6) is 0.896. The number of nitrogens with zero attached hydrogens (tertiary/aromatic N) is 1. The first-order chi connectivity index (χ1) is 14.2. The van der Waals surface area contributed by atoms with Gasteiger partial charge in [0.05, 0.1) is 12.0 Å². The Labute approximate surface area is 187 Å². The van der Waals surface area contributed by atoms with E-state index in [0.29, 0.717) is 6.42 Å². The second-order valence-corrected chi connectivity index (χ2v) is 9.65. The third-order valence-corrected chi connectivity index (χ3v) is 6.23. The lowest BCUT2D eigenvalue weighted by Gasteiger charge is -2.08. The van der Waals surface area contributed by atoms with Gasteiger partial charge < -0.3 is 9.08 Å². The molecule has 0 aliphatic rings. The van der Waals surface area contributed by atoms with Gasteiger partial charge in [-0.25, -0.2) is 0 Å². The third-order valence-electron chi connectivity index (χ3n) is 5.47. The maximum Gasteiger partial charge on any atom is 0.317 e. The summed E-state index contributed by atoms with van der Waals surface area (Å²) < 4.78 is 5.24. The largest absolute Gasteiger partial charge is 0.391 e. The third kappa shape index (κ3) is 25.7. The Bertz CT molecular complexity index is 337. The Morgan fingerprint density at radius 3 is 1.55 bits per heavy atom. The smallest absolute Gasteiger partial charge is 0.317 e. The summed E-state index contributed by atoms with van der Waals surface area (Å²) in [6.07, 6.45) is 24.8. The van der Waals surface area contributed by atoms with Crippen molar-refractivity contribution in [3.05, 3.63) is 0 Å². The van der Waals surface area contributed by atoms with Crippen LogP contribution in [0.3, 0.4) is 0 Å². The fourth-order valence-corrected chi connectivity index (χ4v) is 4.18. The highest BCUT2D eigenvalue weighted by atomic mass is 32.2. The van der Waals surface area contributed by atoms with Crippen LogP contribution < -0.4 is 0 Å². The van der Waals surface area contributed by atoms with E-state index in [2.05, 4.69) is 25.9 Å². The Balaban J connectivity index is 3.10. The van der Waals surface area contributed by atoms with E-state index in [-0.39, 0.29) is 5.97 Å². The quantitative estimate of drug-likeness (QED) is 0.121. The molecule has 0 aliphatic carbocycles. The molecule has 0 saturated carbocycles. The van der Waals surface area contributed by atoms with Crippen molar-refractivity contribution in [1.29, 1.82) is 0 Å². The van der Waals surface area contributed by atoms with Crippen molar-refractivity contribution in [2.24, 2.45) is 0 Å². The van der Waals surface area contributed by atoms with Gasteiger partial charge in [-0.15, -0.1) is 0 Å². The van der Waals surface area contributed by atoms with Crippen LogP contribution in [0.25, 0.3) is 0 Å². The summed E-state index contributed by atoms with van der Waals surface area (Å²) in [6.45, 7) is 3.33. The minimum atomic E-state index is -0.0507. The van der Waals surface area contributed by atoms with Crippen LogP contribution in [0.2, 0.25) is 0 Å². The van der Waals surface area contributed by atoms with Crippen LogP contribution in [0.4, 0.5) is 0 Å². The predicted octanol–water partition coefficient (Wildman–Crippen LogP) is 8.17. The van der Waals surface area contributed by atoms with Crippen LogP contribution >= 0.6 is 12.0 Å². The molecule has 174 valence electrons. The van der Waals surface area contributed by atoms with E-state index in [0.717, 1.165) is 31.6 Å². The minimum absolute atomic E-state index is 0.0507. The van der Waals surface area contributed by atoms with Crippen LogP contribution in [-0.2, 0) is 8.98 Å². The van der Waals surface area contributed by atoms with E-state index in [1.165, 1.54) is 108 Å². The molecule has 0 spiro atoms. The van der Waals surface area contributed by atoms with E-state index in [9.17, 15) is 4.79 Å². The molecule has 0 unspecified atom stereocenters. The van der Waals surface area contributed by atoms with Crippen molar-refractivity contribution in [3.8, 4) is 0 Å². The van der Waals surface area contributed by atoms with E-state index in [4.69, 9.17) is 4.18 Å². The molecule has 3 nitrogen and oxygen atoms in total. The van der Waals surface area contributed by atoms with Gasteiger partial charge >= 0.3 is 5.97 Å². The average molecular weight is 430 g/mol. The molecule has 0 aromatic carbocycles. The zero-order chi connectivity index (χ0) is 21.4. The van der Waals surface area contributed by atoms with E-state index >= 15 is 0 Å². The summed E-state index contributed by atoms with van der Waals surface area (Å²) in [5.41, 5.74) is 0. The molecule has 0 aromatic rings. The van der Waals surface area contributed by atoms with E-state index < -0.39 is 0 Å². The van der Waals surface area contributed by atoms with Gasteiger partial charge in [0.1, 0.15) is 0 Å². The lowest BCUT2D eigenvalue weighted by molar-refractivity contribution is -0.133. The second kappa shape index (κ2) is 24.1. The Hall–Kier alpha value is -0.220. The normalized spacial score (nSPS) is 11.3. The first-order valence-corrected chi connectivity index (χ1v) is 13.5. The maximum atomic E-state index is 11.6. The monoisotopic (exact) mass is 429 g/mol. The first-order valence-electron chi connectivity index (χ1n) is 12.6. The van der Waals surface area contributed by atoms with Gasteiger partial charge in [-0.05, 0) is 39.9 Å². The van der Waals surface area contributed by atoms with Crippen LogP contribution in [0.15, 0.2) is 0 Å². The molecule has 29 heavy (non-hydrogen) atoms. The van der Waals surface area contributed by atoms with Crippen molar-refractivity contribution in [2.75, 3.05) is 26.4 Å². The number of carbonyl (C=O) groups excluding carboxylic acids is 1. The van der Waals surface area contributed by atoms with Gasteiger partial charge in [-0.3, -0.25) is 4.79 Å². The Morgan fingerprint density at radius 1 is 0.655 bits per heavy atom. The SMILES string of the molecule is CCCCCCCCCCCCCCCCCCSOC(=O)CCCCN(C)C. The van der Waals surface area contributed by atoms with Crippen LogP contribution in [0.5, 0.6) is 0 Å². The molecule has 0 radical (unpaired) electrons. The minimum Gasteiger partial charge on any atom is -0.391 e. The molecule has 0 saturated heterocycles. The molecular weight excluding hydrogens is 378 g/mol. The van der Waals surface area contributed by atoms with E-state index in [1.54, 1.807) is 0 Å². The Morgan fingerprint density at radius 2 is 1.10 bits per heavy atom. The average Bonchev–Trinajstić information content (AvgIpc) is 2.70. The molecule has 4 heteroatoms. The molecule has 0 aliphatic heterocycles. The number of unbranched alkanes of at least 4 members (excludes halogenated alkanes) is 16. The maximum absolute atomic E-state index is 11.6. The van der Waals surface area contributed by atoms with Gasteiger partial charge in [0.2, 0.25) is 0 Å². The highest BCUT2D eigenvalue weighted by Crippen LogP contribution is 2.15. The number of hydrogen-bond acceptors (Lipinski definition) is 4. The molecule has 0 fully saturated rings. The van der Waals surface area contributed by atoms with Crippen LogP contribution in [0, 0.1) is 0 Å². The van der Waals surface area contributed by atoms with Crippen molar-refractivity contribution < 1.29 is 8.98 Å². The lowest BCUT2D eigenvalue weighted by atomic mass is 10.0. The van der Waals surface area contributed by atoms with Crippen molar-refractivity contribution in [3.63, 3.8) is 0 Å². The molecule has 0 heterocycles. The van der Waals surface area contributed by atoms with Gasteiger partial charge in [-0.1, -0.05) is 103 Å². The fraction of sp³-hybridized carbons (Fsp3) is 0.960. The van der Waals surface area contributed by atoms with Gasteiger partial charge in [0.15, 0.2) is 0 Å². The van der Waals surface area contributed by atoms with Crippen LogP contribution in [0.1, 0.15) is 129 Å². The number of rotatable bonds is 23. The standard InChI is InChI=1S/C25H51NO2S/c1-4-5-6-7-8-9-10-11-12-13-14-15-16-17-18-21-24-29-28-25(27)22-19-20-23-26(2)3/h4-24H2,1-3H3. The summed E-state index contributed by atoms with van der Waals surface area (Å²) in [6, 6.07) is 0. The Kier molecular flexibility index (Phi) is 23.9. The highest BCUT2D eigenvalue weighted by Gasteiger charge is 2.03. The first kappa shape index (κ1) is 28.8. The molecule has 0 rings (SSSR count). The summed E-state index contributed by atoms with van der Waals surface area (Å²) >= 11 is 1.35. The molecule has 0 amide bonds. The van der Waals surface area contributed by atoms with Crippen molar-refractivity contribution in [2.45, 2.75) is 129 Å². The lowest BCUT2D eigenvalue weighted by Crippen LogP contribution is -2.13. The highest BCUT2D eigenvalue weighted by molar-refractivity contribution is 7.95. The molecule has 0 atom stereocenters. The molecule has 0 N–H and O–H groups in total. The van der Waals surface area contributed by atoms with Gasteiger partial charge in [0.25, 0.3) is 0 Å². The van der Waals surface area contributed by atoms with Gasteiger partial charge in [-0.2, -0.15) is 0 Å². The predicted molar refractivity (Wildman–Crippen MR) is 131 cm³/mol. The zero-order valence-electron chi connectivity index (χ0n) is 20.0. The van der Waals surface area contributed by atoms with Crippen molar-refractivity contribution >= 4 is 18.0 Å². The number of carbonyl (C=O) groups is 1. The topological polar surface area (TPSA) is 29.5 Å². The summed E-state index contributed by atoms with van der Waals surface area (Å²) in [7, 11) is 4.12. The summed E-state index contributed by atoms with van der Waals surface area (Å²) in [5, 5.41) is 0. The molecule has 0 bridgehead atoms.